The molecule has 3 saturated heterocycles. The molecule has 3 aliphatic heterocycles. The first-order chi connectivity index (χ1) is 31.6. The normalized spacial score (nSPS) is 53.1. The first-order valence-corrected chi connectivity index (χ1v) is 24.4. The smallest absolute Gasteiger partial charge is 0.335 e. The predicted octanol–water partition coefficient (Wildman–Crippen LogP) is -0.796. The standard InChI is InChI=1S/C48H76O20/c1-43(2)16-21-20-8-9-25-45(5)12-11-27(65-41-37(33(57)32(56)36(66-41)38(60)61)67-39-34(58)30(54)28(52)22(18-49)63-39)44(3,4)24(45)10-13-47(25,7)46(20,6)14-15-48(21,17-26(43)51)42(62)68-40-35(59)31(55)29(53)23(19-50)64-40/h8,21-37,39-41,49-59H,9-19H2,1-7H3,(H,60,61)/t21-,22+,23+,24-,25+,26-,27-,28-,29+,30-,31-,32-,33-,34+,35+,36-,37+,39-,40-,41-,45-,46+,47+,48+/m0/s1. The highest BCUT2D eigenvalue weighted by Gasteiger charge is 2.71. The number of aliphatic hydroxyl groups excluding tert-OH is 11. The molecular weight excluding hydrogens is 897 g/mol. The number of carbonyl (C=O) groups is 2. The van der Waals surface area contributed by atoms with Crippen molar-refractivity contribution in [1.29, 1.82) is 0 Å². The Hall–Kier alpha value is -1.96. The molecule has 0 aromatic heterocycles. The van der Waals surface area contributed by atoms with E-state index >= 15 is 0 Å². The van der Waals surface area contributed by atoms with Crippen molar-refractivity contribution in [3.8, 4) is 0 Å². The minimum Gasteiger partial charge on any atom is -0.479 e. The fraction of sp³-hybridized carbons (Fsp3) is 0.917. The lowest BCUT2D eigenvalue weighted by Crippen LogP contribution is -2.67. The Morgan fingerprint density at radius 3 is 1.85 bits per heavy atom. The van der Waals surface area contributed by atoms with Crippen molar-refractivity contribution in [2.75, 3.05) is 13.2 Å². The van der Waals surface area contributed by atoms with Gasteiger partial charge >= 0.3 is 11.9 Å². The van der Waals surface area contributed by atoms with Gasteiger partial charge in [-0.05, 0) is 103 Å². The van der Waals surface area contributed by atoms with Crippen LogP contribution in [0.25, 0.3) is 0 Å². The molecule has 4 saturated carbocycles. The SMILES string of the molecule is CC1(C)C[C@H]2C3=CC[C@@H]4[C@@]5(C)CC[C@H](O[C@H]6O[C@H](C(=O)O)[C@@H](O)[C@H](O)[C@H]6O[C@@H]6O[C@H](CO)[C@H](O)[C@H](O)[C@H]6O)C(C)(C)[C@@H]5CC[C@@]4(C)[C@]3(C)CC[C@@]2(C(=O)O[C@@H]2O[C@H](CO)[C@@H](O)[C@H](O)[C@H]2O)C[C@@H]1O. The second-order valence-electron chi connectivity index (χ2n) is 23.5. The molecule has 0 unspecified atom stereocenters. The maximum atomic E-state index is 14.7. The van der Waals surface area contributed by atoms with Crippen LogP contribution in [0.5, 0.6) is 0 Å². The summed E-state index contributed by atoms with van der Waals surface area (Å²) in [5, 5.41) is 127. The Kier molecular flexibility index (Phi) is 14.0. The third kappa shape index (κ3) is 7.94. The molecule has 0 amide bonds. The number of aliphatic hydroxyl groups is 11. The van der Waals surface area contributed by atoms with Crippen LogP contribution >= 0.6 is 0 Å². The average molecular weight is 973 g/mol. The predicted molar refractivity (Wildman–Crippen MR) is 232 cm³/mol. The van der Waals surface area contributed by atoms with E-state index in [1.807, 2.05) is 13.8 Å². The third-order valence-electron chi connectivity index (χ3n) is 19.5. The molecule has 0 spiro atoms. The van der Waals surface area contributed by atoms with Gasteiger partial charge in [-0.3, -0.25) is 4.79 Å². The van der Waals surface area contributed by atoms with Crippen molar-refractivity contribution in [1.82, 2.24) is 0 Å². The number of carboxylic acids is 1. The van der Waals surface area contributed by atoms with Crippen LogP contribution in [-0.4, -0.2) is 191 Å². The first kappa shape index (κ1) is 52.4. The molecule has 8 rings (SSSR count). The number of aliphatic carboxylic acids is 1. The van der Waals surface area contributed by atoms with Crippen molar-refractivity contribution in [2.45, 2.75) is 211 Å². The zero-order chi connectivity index (χ0) is 50.0. The topological polar surface area (TPSA) is 332 Å². The number of fused-ring (bicyclic) bond motifs is 7. The Morgan fingerprint density at radius 1 is 0.647 bits per heavy atom. The molecule has 12 N–H and O–H groups in total. The molecule has 0 aromatic rings. The van der Waals surface area contributed by atoms with Crippen LogP contribution in [0.1, 0.15) is 106 Å². The van der Waals surface area contributed by atoms with Gasteiger partial charge in [-0.15, -0.1) is 0 Å². The summed E-state index contributed by atoms with van der Waals surface area (Å²) in [6.07, 6.45) is -19.8. The van der Waals surface area contributed by atoms with Crippen LogP contribution in [0, 0.1) is 50.2 Å². The molecule has 388 valence electrons. The van der Waals surface area contributed by atoms with Crippen LogP contribution in [0.3, 0.4) is 0 Å². The van der Waals surface area contributed by atoms with Gasteiger partial charge in [0.1, 0.15) is 67.1 Å². The largest absolute Gasteiger partial charge is 0.479 e. The molecule has 68 heavy (non-hydrogen) atoms. The summed E-state index contributed by atoms with van der Waals surface area (Å²) >= 11 is 0. The highest BCUT2D eigenvalue weighted by molar-refractivity contribution is 5.79. The van der Waals surface area contributed by atoms with E-state index in [-0.39, 0.29) is 35.0 Å². The van der Waals surface area contributed by atoms with Gasteiger partial charge in [-0.1, -0.05) is 60.1 Å². The van der Waals surface area contributed by atoms with E-state index in [9.17, 15) is 70.9 Å². The fourth-order valence-corrected chi connectivity index (χ4v) is 15.0. The monoisotopic (exact) mass is 972 g/mol. The van der Waals surface area contributed by atoms with Crippen molar-refractivity contribution in [3.05, 3.63) is 11.6 Å². The van der Waals surface area contributed by atoms with Crippen LogP contribution in [0.4, 0.5) is 0 Å². The minimum atomic E-state index is -1.99. The molecule has 0 aromatic carbocycles. The van der Waals surface area contributed by atoms with Gasteiger partial charge in [-0.25, -0.2) is 4.79 Å². The number of hydrogen-bond acceptors (Lipinski definition) is 19. The van der Waals surface area contributed by atoms with E-state index < -0.39 is 151 Å². The molecule has 0 bridgehead atoms. The van der Waals surface area contributed by atoms with Gasteiger partial charge in [0.05, 0.1) is 30.8 Å². The number of esters is 1. The maximum Gasteiger partial charge on any atom is 0.335 e. The zero-order valence-electron chi connectivity index (χ0n) is 40.0. The summed E-state index contributed by atoms with van der Waals surface area (Å²) in [5.74, 6) is -2.38. The number of carboxylic acid groups (broad SMARTS) is 1. The van der Waals surface area contributed by atoms with Crippen molar-refractivity contribution in [3.63, 3.8) is 0 Å². The van der Waals surface area contributed by atoms with Gasteiger partial charge in [0.2, 0.25) is 6.29 Å². The van der Waals surface area contributed by atoms with Crippen LogP contribution < -0.4 is 0 Å². The Labute approximate surface area is 396 Å². The van der Waals surface area contributed by atoms with E-state index in [1.54, 1.807) is 0 Å². The van der Waals surface area contributed by atoms with E-state index in [1.165, 1.54) is 0 Å². The third-order valence-corrected chi connectivity index (χ3v) is 19.5. The molecule has 5 aliphatic carbocycles. The van der Waals surface area contributed by atoms with Crippen LogP contribution in [0.15, 0.2) is 11.6 Å². The fourth-order valence-electron chi connectivity index (χ4n) is 15.0. The Bertz CT molecular complexity index is 1910. The van der Waals surface area contributed by atoms with E-state index in [2.05, 4.69) is 40.7 Å². The minimum absolute atomic E-state index is 0.0459. The van der Waals surface area contributed by atoms with Crippen molar-refractivity contribution >= 4 is 11.9 Å². The van der Waals surface area contributed by atoms with E-state index in [4.69, 9.17) is 28.4 Å². The number of ether oxygens (including phenoxy) is 6. The molecule has 0 radical (unpaired) electrons. The second-order valence-corrected chi connectivity index (χ2v) is 23.5. The van der Waals surface area contributed by atoms with E-state index in [0.29, 0.717) is 38.5 Å². The molecular formula is C48H76O20. The van der Waals surface area contributed by atoms with Crippen molar-refractivity contribution in [2.24, 2.45) is 50.2 Å². The highest BCUT2D eigenvalue weighted by Crippen LogP contribution is 2.76. The summed E-state index contributed by atoms with van der Waals surface area (Å²) < 4.78 is 35.6. The number of carbonyl (C=O) groups excluding carboxylic acids is 1. The van der Waals surface area contributed by atoms with Gasteiger partial charge < -0.3 is 89.7 Å². The number of rotatable bonds is 9. The molecule has 7 fully saturated rings. The number of allylic oxidation sites excluding steroid dienone is 2. The van der Waals surface area contributed by atoms with E-state index in [0.717, 1.165) is 18.4 Å². The summed E-state index contributed by atoms with van der Waals surface area (Å²) in [5.41, 5.74) is -2.17. The van der Waals surface area contributed by atoms with Gasteiger partial charge in [0.25, 0.3) is 0 Å². The van der Waals surface area contributed by atoms with Gasteiger partial charge in [-0.2, -0.15) is 0 Å². The van der Waals surface area contributed by atoms with Gasteiger partial charge in [0, 0.05) is 0 Å². The highest BCUT2D eigenvalue weighted by atomic mass is 16.8. The lowest BCUT2D eigenvalue weighted by atomic mass is 9.33. The average Bonchev–Trinajstić information content (AvgIpc) is 3.27. The lowest BCUT2D eigenvalue weighted by Gasteiger charge is -2.71. The van der Waals surface area contributed by atoms with Gasteiger partial charge in [0.15, 0.2) is 18.7 Å². The molecule has 3 heterocycles. The Balaban J connectivity index is 1.06. The summed E-state index contributed by atoms with van der Waals surface area (Å²) in [6.45, 7) is 13.7. The summed E-state index contributed by atoms with van der Waals surface area (Å²) in [6, 6.07) is 0. The zero-order valence-corrected chi connectivity index (χ0v) is 40.0. The second kappa shape index (κ2) is 18.2. The number of hydrogen-bond donors (Lipinski definition) is 12. The molecule has 20 nitrogen and oxygen atoms in total. The lowest BCUT2D eigenvalue weighted by molar-refractivity contribution is -0.374. The molecule has 24 atom stereocenters. The molecule has 20 heteroatoms. The Morgan fingerprint density at radius 2 is 1.25 bits per heavy atom. The van der Waals surface area contributed by atoms with Crippen molar-refractivity contribution < 1.29 is 99.3 Å². The summed E-state index contributed by atoms with van der Waals surface area (Å²) in [7, 11) is 0. The van der Waals surface area contributed by atoms with Crippen LogP contribution in [-0.2, 0) is 38.0 Å². The maximum absolute atomic E-state index is 14.7. The van der Waals surface area contributed by atoms with Crippen LogP contribution in [0.2, 0.25) is 0 Å². The summed E-state index contributed by atoms with van der Waals surface area (Å²) in [4.78, 5) is 27.0. The quantitative estimate of drug-likeness (QED) is 0.0765. The first-order valence-electron chi connectivity index (χ1n) is 24.4. The molecule has 8 aliphatic rings.